The van der Waals surface area contributed by atoms with Gasteiger partial charge in [0, 0.05) is 43.6 Å². The molecule has 3 N–H and O–H groups in total. The first kappa shape index (κ1) is 16.5. The van der Waals surface area contributed by atoms with Crippen LogP contribution in [0.5, 0.6) is 0 Å². The lowest BCUT2D eigenvalue weighted by Crippen LogP contribution is -2.53. The van der Waals surface area contributed by atoms with E-state index in [1.54, 1.807) is 11.3 Å². The first-order chi connectivity index (χ1) is 11.1. The van der Waals surface area contributed by atoms with Crippen LogP contribution in [0.25, 0.3) is 0 Å². The summed E-state index contributed by atoms with van der Waals surface area (Å²) in [5.74, 6) is 0. The molecule has 128 valence electrons. The van der Waals surface area contributed by atoms with Crippen molar-refractivity contribution in [3.05, 3.63) is 10.6 Å². The second-order valence-electron chi connectivity index (χ2n) is 6.61. The van der Waals surface area contributed by atoms with Crippen molar-refractivity contribution in [3.63, 3.8) is 0 Å². The monoisotopic (exact) mass is 337 g/mol. The van der Waals surface area contributed by atoms with Crippen LogP contribution in [0.1, 0.15) is 42.7 Å². The summed E-state index contributed by atoms with van der Waals surface area (Å²) in [6.07, 6.45) is 6.08. The van der Waals surface area contributed by atoms with Gasteiger partial charge in [-0.1, -0.05) is 19.3 Å². The third-order valence-electron chi connectivity index (χ3n) is 4.87. The van der Waals surface area contributed by atoms with E-state index in [0.717, 1.165) is 51.3 Å². The molecule has 6 nitrogen and oxygen atoms in total. The van der Waals surface area contributed by atoms with E-state index in [1.165, 1.54) is 24.1 Å². The molecule has 0 spiro atoms. The van der Waals surface area contributed by atoms with Gasteiger partial charge in [0.2, 0.25) is 0 Å². The van der Waals surface area contributed by atoms with E-state index in [0.29, 0.717) is 11.2 Å². The standard InChI is InChI=1S/C16H27N5OS/c1-12-14(23-15(17)18-12)11-20-7-9-21(10-8-20)16(22)19-13-5-3-2-4-6-13/h13H,2-11H2,1H3,(H2,17,18)(H,19,22). The molecule has 1 aromatic rings. The maximum Gasteiger partial charge on any atom is 0.317 e. The number of hydrogen-bond acceptors (Lipinski definition) is 5. The molecule has 23 heavy (non-hydrogen) atoms. The normalized spacial score (nSPS) is 20.7. The van der Waals surface area contributed by atoms with Crippen LogP contribution >= 0.6 is 11.3 Å². The van der Waals surface area contributed by atoms with Crippen LogP contribution in [0.15, 0.2) is 0 Å². The molecule has 0 radical (unpaired) electrons. The van der Waals surface area contributed by atoms with E-state index in [9.17, 15) is 4.79 Å². The molecule has 1 saturated heterocycles. The number of nitrogen functional groups attached to an aromatic ring is 1. The van der Waals surface area contributed by atoms with Crippen molar-refractivity contribution in [1.82, 2.24) is 20.1 Å². The molecule has 1 saturated carbocycles. The summed E-state index contributed by atoms with van der Waals surface area (Å²) in [6.45, 7) is 6.32. The summed E-state index contributed by atoms with van der Waals surface area (Å²) in [6, 6.07) is 0.506. The summed E-state index contributed by atoms with van der Waals surface area (Å²) in [5.41, 5.74) is 6.80. The number of carbonyl (C=O) groups excluding carboxylic acids is 1. The summed E-state index contributed by atoms with van der Waals surface area (Å²) >= 11 is 1.57. The van der Waals surface area contributed by atoms with E-state index < -0.39 is 0 Å². The van der Waals surface area contributed by atoms with Crippen molar-refractivity contribution in [2.75, 3.05) is 31.9 Å². The Bertz CT molecular complexity index is 533. The number of hydrogen-bond donors (Lipinski definition) is 2. The highest BCUT2D eigenvalue weighted by atomic mass is 32.1. The molecule has 3 rings (SSSR count). The van der Waals surface area contributed by atoms with Crippen LogP contribution in [0.3, 0.4) is 0 Å². The lowest BCUT2D eigenvalue weighted by atomic mass is 9.96. The van der Waals surface area contributed by atoms with Crippen LogP contribution in [0, 0.1) is 6.92 Å². The van der Waals surface area contributed by atoms with E-state index in [2.05, 4.69) is 15.2 Å². The predicted octanol–water partition coefficient (Wildman–Crippen LogP) is 2.19. The molecule has 0 aromatic carbocycles. The maximum atomic E-state index is 12.4. The van der Waals surface area contributed by atoms with Crippen molar-refractivity contribution in [2.24, 2.45) is 0 Å². The number of aromatic nitrogens is 1. The van der Waals surface area contributed by atoms with E-state index in [1.807, 2.05) is 11.8 Å². The lowest BCUT2D eigenvalue weighted by molar-refractivity contribution is 0.132. The average Bonchev–Trinajstić information content (AvgIpc) is 2.86. The van der Waals surface area contributed by atoms with Crippen LogP contribution in [0.2, 0.25) is 0 Å². The number of urea groups is 1. The molecule has 0 unspecified atom stereocenters. The summed E-state index contributed by atoms with van der Waals surface area (Å²) in [4.78, 5) is 22.2. The number of rotatable bonds is 3. The average molecular weight is 337 g/mol. The minimum atomic E-state index is 0.120. The summed E-state index contributed by atoms with van der Waals surface area (Å²) in [7, 11) is 0. The number of nitrogens with zero attached hydrogens (tertiary/aromatic N) is 3. The van der Waals surface area contributed by atoms with Crippen molar-refractivity contribution < 1.29 is 4.79 Å². The fourth-order valence-corrected chi connectivity index (χ4v) is 4.30. The van der Waals surface area contributed by atoms with Gasteiger partial charge in [-0.15, -0.1) is 11.3 Å². The number of piperazine rings is 1. The zero-order valence-corrected chi connectivity index (χ0v) is 14.7. The van der Waals surface area contributed by atoms with Crippen LogP contribution in [-0.4, -0.2) is 53.0 Å². The summed E-state index contributed by atoms with van der Waals surface area (Å²) in [5, 5.41) is 3.85. The van der Waals surface area contributed by atoms with Gasteiger partial charge in [0.25, 0.3) is 0 Å². The zero-order chi connectivity index (χ0) is 16.2. The SMILES string of the molecule is Cc1nc(N)sc1CN1CCN(C(=O)NC2CCCCC2)CC1. The Labute approximate surface area is 142 Å². The molecule has 7 heteroatoms. The van der Waals surface area contributed by atoms with Gasteiger partial charge in [0.05, 0.1) is 5.69 Å². The second kappa shape index (κ2) is 7.49. The number of nitrogens with two attached hydrogens (primary N) is 1. The Morgan fingerprint density at radius 3 is 2.57 bits per heavy atom. The fraction of sp³-hybridized carbons (Fsp3) is 0.750. The molecule has 1 aromatic heterocycles. The Morgan fingerprint density at radius 2 is 1.96 bits per heavy atom. The van der Waals surface area contributed by atoms with Crippen LogP contribution < -0.4 is 11.1 Å². The summed E-state index contributed by atoms with van der Waals surface area (Å²) < 4.78 is 0. The first-order valence-corrected chi connectivity index (χ1v) is 9.43. The molecule has 1 aliphatic heterocycles. The third-order valence-corrected chi connectivity index (χ3v) is 5.84. The molecule has 0 atom stereocenters. The molecular weight excluding hydrogens is 310 g/mol. The van der Waals surface area contributed by atoms with Crippen molar-refractivity contribution in [3.8, 4) is 0 Å². The van der Waals surface area contributed by atoms with Gasteiger partial charge in [0.1, 0.15) is 0 Å². The molecule has 0 bridgehead atoms. The van der Waals surface area contributed by atoms with Gasteiger partial charge in [-0.25, -0.2) is 9.78 Å². The minimum Gasteiger partial charge on any atom is -0.375 e. The largest absolute Gasteiger partial charge is 0.375 e. The smallest absolute Gasteiger partial charge is 0.317 e. The van der Waals surface area contributed by atoms with Gasteiger partial charge in [-0.2, -0.15) is 0 Å². The van der Waals surface area contributed by atoms with Gasteiger partial charge in [-0.05, 0) is 19.8 Å². The van der Waals surface area contributed by atoms with Gasteiger partial charge < -0.3 is 16.0 Å². The Balaban J connectivity index is 1.44. The van der Waals surface area contributed by atoms with Gasteiger partial charge in [0.15, 0.2) is 5.13 Å². The topological polar surface area (TPSA) is 74.5 Å². The number of anilines is 1. The van der Waals surface area contributed by atoms with Crippen LogP contribution in [-0.2, 0) is 6.54 Å². The number of carbonyl (C=O) groups is 1. The number of thiazole rings is 1. The van der Waals surface area contributed by atoms with E-state index >= 15 is 0 Å². The van der Waals surface area contributed by atoms with Crippen LogP contribution in [0.4, 0.5) is 9.93 Å². The Morgan fingerprint density at radius 1 is 1.26 bits per heavy atom. The second-order valence-corrected chi connectivity index (χ2v) is 7.72. The third kappa shape index (κ3) is 4.35. The highest BCUT2D eigenvalue weighted by Crippen LogP contribution is 2.22. The van der Waals surface area contributed by atoms with Crippen molar-refractivity contribution >= 4 is 22.5 Å². The van der Waals surface area contributed by atoms with Crippen molar-refractivity contribution in [2.45, 2.75) is 51.6 Å². The number of nitrogens with one attached hydrogen (secondary N) is 1. The molecule has 1 aliphatic carbocycles. The highest BCUT2D eigenvalue weighted by Gasteiger charge is 2.24. The highest BCUT2D eigenvalue weighted by molar-refractivity contribution is 7.15. The molecule has 2 amide bonds. The Hall–Kier alpha value is -1.34. The predicted molar refractivity (Wildman–Crippen MR) is 93.5 cm³/mol. The first-order valence-electron chi connectivity index (χ1n) is 8.61. The minimum absolute atomic E-state index is 0.120. The van der Waals surface area contributed by atoms with Gasteiger partial charge >= 0.3 is 6.03 Å². The molecule has 2 aliphatic rings. The van der Waals surface area contributed by atoms with E-state index in [-0.39, 0.29) is 6.03 Å². The molecular formula is C16H27N5OS. The van der Waals surface area contributed by atoms with E-state index in [4.69, 9.17) is 5.73 Å². The van der Waals surface area contributed by atoms with Crippen molar-refractivity contribution in [1.29, 1.82) is 0 Å². The lowest BCUT2D eigenvalue weighted by Gasteiger charge is -2.35. The zero-order valence-electron chi connectivity index (χ0n) is 13.9. The maximum absolute atomic E-state index is 12.4. The quantitative estimate of drug-likeness (QED) is 0.887. The molecule has 2 fully saturated rings. The fourth-order valence-electron chi connectivity index (χ4n) is 3.42. The Kier molecular flexibility index (Phi) is 5.38. The number of amides is 2. The number of aryl methyl sites for hydroxylation is 1. The molecule has 2 heterocycles. The van der Waals surface area contributed by atoms with Gasteiger partial charge in [-0.3, -0.25) is 4.90 Å².